The van der Waals surface area contributed by atoms with Gasteiger partial charge in [0.2, 0.25) is 6.79 Å². The maximum atomic E-state index is 15.5. The second-order valence-corrected chi connectivity index (χ2v) is 19.9. The maximum Gasteiger partial charge on any atom is 0.322 e. The lowest BCUT2D eigenvalue weighted by molar-refractivity contribution is -0.216. The molecule has 1 unspecified atom stereocenters. The van der Waals surface area contributed by atoms with Crippen molar-refractivity contribution < 1.29 is 43.2 Å². The van der Waals surface area contributed by atoms with Gasteiger partial charge < -0.3 is 44.0 Å². The van der Waals surface area contributed by atoms with E-state index in [0.717, 1.165) is 65.9 Å². The number of fused-ring (bicyclic) bond motifs is 7. The molecule has 7 aliphatic rings. The first-order chi connectivity index (χ1) is 32.4. The number of carbonyl (C=O) groups excluding carboxylic acids is 3. The van der Waals surface area contributed by atoms with E-state index in [4.69, 9.17) is 23.7 Å². The normalized spacial score (nSPS) is 32.2. The number of amides is 1. The fraction of sp³-hybridized carbons (Fsp3) is 0.491. The lowest BCUT2D eigenvalue weighted by Gasteiger charge is -2.64. The number of aromatic nitrogens is 1. The van der Waals surface area contributed by atoms with Gasteiger partial charge in [0.1, 0.15) is 22.9 Å². The zero-order chi connectivity index (χ0) is 46.6. The Hall–Kier alpha value is -5.83. The third-order valence-electron chi connectivity index (χ3n) is 16.8. The van der Waals surface area contributed by atoms with E-state index in [9.17, 15) is 14.7 Å². The number of ether oxygens (including phenoxy) is 5. The van der Waals surface area contributed by atoms with Crippen molar-refractivity contribution in [3.63, 3.8) is 0 Å². The second-order valence-electron chi connectivity index (χ2n) is 19.9. The van der Waals surface area contributed by atoms with Crippen LogP contribution in [0.2, 0.25) is 0 Å². The van der Waals surface area contributed by atoms with Crippen LogP contribution in [0.1, 0.15) is 79.2 Å². The zero-order valence-electron chi connectivity index (χ0n) is 39.3. The number of carbonyl (C=O) groups is 3. The number of rotatable bonds is 9. The summed E-state index contributed by atoms with van der Waals surface area (Å²) in [5.41, 5.74) is 2.21. The summed E-state index contributed by atoms with van der Waals surface area (Å²) < 4.78 is 30.1. The average molecular weight is 912 g/mol. The van der Waals surface area contributed by atoms with Crippen molar-refractivity contribution in [3.05, 3.63) is 106 Å². The zero-order valence-corrected chi connectivity index (χ0v) is 39.3. The lowest BCUT2D eigenvalue weighted by atomic mass is 9.47. The fourth-order valence-corrected chi connectivity index (χ4v) is 14.4. The van der Waals surface area contributed by atoms with Gasteiger partial charge in [-0.25, -0.2) is 0 Å². The minimum absolute atomic E-state index is 0.0162. The van der Waals surface area contributed by atoms with Crippen LogP contribution < -0.4 is 24.4 Å². The summed E-state index contributed by atoms with van der Waals surface area (Å²) in [7, 11) is 5.11. The van der Waals surface area contributed by atoms with Gasteiger partial charge in [0, 0.05) is 96.5 Å². The molecule has 11 rings (SSSR count). The number of hydrogen-bond donors (Lipinski definition) is 3. The van der Waals surface area contributed by atoms with Gasteiger partial charge in [-0.1, -0.05) is 55.8 Å². The van der Waals surface area contributed by atoms with Crippen LogP contribution in [-0.2, 0) is 36.3 Å². The Labute approximate surface area is 391 Å². The van der Waals surface area contributed by atoms with Crippen LogP contribution in [0.4, 0.5) is 5.69 Å². The van der Waals surface area contributed by atoms with Gasteiger partial charge in [-0.3, -0.25) is 24.2 Å². The van der Waals surface area contributed by atoms with E-state index >= 15 is 4.79 Å². The fourth-order valence-electron chi connectivity index (χ4n) is 14.4. The van der Waals surface area contributed by atoms with Crippen molar-refractivity contribution in [1.29, 1.82) is 0 Å². The number of aromatic amines is 1. The van der Waals surface area contributed by atoms with Crippen molar-refractivity contribution in [2.75, 3.05) is 72.2 Å². The maximum absolute atomic E-state index is 15.5. The molecule has 0 radical (unpaired) electrons. The molecule has 1 spiro atoms. The van der Waals surface area contributed by atoms with E-state index in [1.54, 1.807) is 25.3 Å². The summed E-state index contributed by atoms with van der Waals surface area (Å²) >= 11 is 0. The highest BCUT2D eigenvalue weighted by Crippen LogP contribution is 2.68. The molecule has 1 amide bonds. The lowest BCUT2D eigenvalue weighted by Crippen LogP contribution is -2.81. The first-order valence-corrected chi connectivity index (χ1v) is 23.9. The molecule has 6 aliphatic heterocycles. The third kappa shape index (κ3) is 6.14. The molecule has 3 aromatic carbocycles. The Morgan fingerprint density at radius 1 is 1.00 bits per heavy atom. The average Bonchev–Trinajstić information content (AvgIpc) is 4.13. The van der Waals surface area contributed by atoms with Crippen LogP contribution in [0, 0.1) is 11.3 Å². The molecule has 9 atom stereocenters. The molecule has 4 aromatic rings. The van der Waals surface area contributed by atoms with Crippen LogP contribution in [0.3, 0.4) is 0 Å². The van der Waals surface area contributed by atoms with Crippen LogP contribution in [0.25, 0.3) is 10.9 Å². The number of aliphatic hydroxyl groups is 1. The van der Waals surface area contributed by atoms with Crippen LogP contribution in [0.15, 0.2) is 78.4 Å². The number of para-hydroxylation sites is 1. The SMILES string of the molecule is CCC1=C[C@@H]2CN(CCc3c([nH]c4ccccc34)[C@@](C(=O)OC)(c3cc4c(cc3OC)N(C)[C@H]3[C@@](O)(CNC(=O)c5ccc6c(c5)OCO6)[C@H](OC(C)=O)[C@]5(CC)C=CCN6CC[C@]43[C@@H]65)C2)C1. The van der Waals surface area contributed by atoms with Crippen molar-refractivity contribution in [2.24, 2.45) is 11.3 Å². The van der Waals surface area contributed by atoms with Crippen LogP contribution in [-0.4, -0.2) is 129 Å². The van der Waals surface area contributed by atoms with Gasteiger partial charge >= 0.3 is 11.9 Å². The number of benzene rings is 3. The van der Waals surface area contributed by atoms with Crippen LogP contribution >= 0.6 is 0 Å². The monoisotopic (exact) mass is 911 g/mol. The number of H-pyrrole nitrogens is 1. The van der Waals surface area contributed by atoms with Gasteiger partial charge in [0.15, 0.2) is 11.5 Å². The first kappa shape index (κ1) is 43.7. The quantitative estimate of drug-likeness (QED) is 0.138. The molecular formula is C53H61N5O9. The Morgan fingerprint density at radius 2 is 1.82 bits per heavy atom. The van der Waals surface area contributed by atoms with E-state index in [1.165, 1.54) is 19.6 Å². The Kier molecular flexibility index (Phi) is 10.4. The van der Waals surface area contributed by atoms with Crippen molar-refractivity contribution >= 4 is 34.4 Å². The number of nitrogens with one attached hydrogen (secondary N) is 2. The Bertz CT molecular complexity index is 2770. The molecule has 352 valence electrons. The number of likely N-dealkylation sites (N-methyl/N-ethyl adjacent to an activating group) is 1. The molecular weight excluding hydrogens is 851 g/mol. The highest BCUT2D eigenvalue weighted by molar-refractivity contribution is 5.96. The van der Waals surface area contributed by atoms with Gasteiger partial charge in [-0.15, -0.1) is 0 Å². The van der Waals surface area contributed by atoms with Crippen molar-refractivity contribution in [3.8, 4) is 17.2 Å². The Morgan fingerprint density at radius 3 is 2.60 bits per heavy atom. The molecule has 1 aliphatic carbocycles. The predicted molar refractivity (Wildman–Crippen MR) is 252 cm³/mol. The molecule has 14 heteroatoms. The van der Waals surface area contributed by atoms with Gasteiger partial charge in [0.05, 0.1) is 26.8 Å². The number of esters is 2. The molecule has 14 nitrogen and oxygen atoms in total. The van der Waals surface area contributed by atoms with E-state index in [0.29, 0.717) is 60.7 Å². The summed E-state index contributed by atoms with van der Waals surface area (Å²) in [5, 5.41) is 18.2. The summed E-state index contributed by atoms with van der Waals surface area (Å²) in [6, 6.07) is 16.6. The largest absolute Gasteiger partial charge is 0.496 e. The summed E-state index contributed by atoms with van der Waals surface area (Å²) in [5.74, 6) is 0.253. The number of hydrogen-bond acceptors (Lipinski definition) is 12. The number of nitrogens with zero attached hydrogens (tertiary/aromatic N) is 3. The molecule has 1 saturated carbocycles. The first-order valence-electron chi connectivity index (χ1n) is 23.9. The van der Waals surface area contributed by atoms with Crippen molar-refractivity contribution in [1.82, 2.24) is 20.1 Å². The van der Waals surface area contributed by atoms with Crippen LogP contribution in [0.5, 0.6) is 17.2 Å². The van der Waals surface area contributed by atoms with Crippen molar-refractivity contribution in [2.45, 2.75) is 87.5 Å². The highest BCUT2D eigenvalue weighted by Gasteiger charge is 2.78. The Balaban J connectivity index is 1.14. The van der Waals surface area contributed by atoms with E-state index in [-0.39, 0.29) is 31.3 Å². The predicted octanol–water partition coefficient (Wildman–Crippen LogP) is 5.78. The molecule has 7 heterocycles. The number of methoxy groups -OCH3 is 2. The smallest absolute Gasteiger partial charge is 0.322 e. The molecule has 1 aromatic heterocycles. The molecule has 3 N–H and O–H groups in total. The topological polar surface area (TPSA) is 155 Å². The van der Waals surface area contributed by atoms with Gasteiger partial charge in [-0.2, -0.15) is 0 Å². The minimum Gasteiger partial charge on any atom is -0.496 e. The highest BCUT2D eigenvalue weighted by atomic mass is 16.7. The second kappa shape index (κ2) is 15.9. The summed E-state index contributed by atoms with van der Waals surface area (Å²) in [4.78, 5) is 54.0. The van der Waals surface area contributed by atoms with E-state index in [1.807, 2.05) is 19.2 Å². The van der Waals surface area contributed by atoms with Gasteiger partial charge in [-0.05, 0) is 86.0 Å². The third-order valence-corrected chi connectivity index (χ3v) is 16.8. The number of anilines is 1. The summed E-state index contributed by atoms with van der Waals surface area (Å²) in [6.07, 6.45) is 8.90. The molecule has 1 saturated heterocycles. The molecule has 2 bridgehead atoms. The minimum atomic E-state index is -1.85. The summed E-state index contributed by atoms with van der Waals surface area (Å²) in [6.45, 7) is 9.45. The van der Waals surface area contributed by atoms with E-state index in [2.05, 4.69) is 81.3 Å². The standard InChI is InChI=1S/C53H61N5O9/c1-7-32-22-33-26-52(49(61)64-6,44-36(16-20-57(27-32)28-33)35-12-9-10-13-39(35)55-44)38-24-37-40(25-42(38)63-5)56(4)47-51(37)18-21-58-19-11-17-50(8-2,46(51)58)48(67-31(3)59)53(47,62)29-54-45(60)34-14-15-41-43(23-34)66-30-65-41/h9-15,17,22-25,33,46-48,55,62H,7-8,16,18-21,26-30H2,1-6H3,(H,54,60)/t33-,46-,47+,48+,50+,51+,52-,53-/m0/s1. The molecule has 67 heavy (non-hydrogen) atoms. The van der Waals surface area contributed by atoms with Gasteiger partial charge in [0.25, 0.3) is 5.91 Å². The molecule has 2 fully saturated rings. The van der Waals surface area contributed by atoms with E-state index < -0.39 is 45.9 Å².